The number of nitrogens with zero attached hydrogens (tertiary/aromatic N) is 1. The number of urea groups is 1. The Labute approximate surface area is 178 Å². The topological polar surface area (TPSA) is 78.5 Å². The Hall–Kier alpha value is -2.46. The molecule has 1 saturated heterocycles. The van der Waals surface area contributed by atoms with Crippen LogP contribution in [0.4, 0.5) is 19.3 Å². The fourth-order valence-electron chi connectivity index (χ4n) is 2.90. The lowest BCUT2D eigenvalue weighted by Crippen LogP contribution is -2.42. The van der Waals surface area contributed by atoms with E-state index in [-0.39, 0.29) is 0 Å². The summed E-state index contributed by atoms with van der Waals surface area (Å²) in [5.74, 6) is -3.66. The van der Waals surface area contributed by atoms with Crippen molar-refractivity contribution >= 4 is 51.2 Å². The molecule has 1 atom stereocenters. The van der Waals surface area contributed by atoms with Crippen LogP contribution in [0.2, 0.25) is 0 Å². The third-order valence-corrected chi connectivity index (χ3v) is 5.56. The molecule has 0 spiro atoms. The lowest BCUT2D eigenvalue weighted by Gasteiger charge is -2.22. The standard InChI is InChI=1S/C19H16BrF2N3O3S/c1-19(11-3-2-4-12(20)9-11)16(27)25(18(28)24-19)10-15(26)23-13-5-7-14(8-6-13)29-17(21)22/h2-9,17H,10H2,1H3,(H,23,26)(H,24,28)/t19-/m0/s1. The molecule has 29 heavy (non-hydrogen) atoms. The van der Waals surface area contributed by atoms with Gasteiger partial charge in [-0.05, 0) is 48.9 Å². The molecule has 3 rings (SSSR count). The second-order valence-electron chi connectivity index (χ2n) is 6.41. The second-order valence-corrected chi connectivity index (χ2v) is 8.39. The van der Waals surface area contributed by atoms with E-state index in [4.69, 9.17) is 0 Å². The predicted molar refractivity (Wildman–Crippen MR) is 109 cm³/mol. The zero-order valence-corrected chi connectivity index (χ0v) is 17.5. The molecule has 0 bridgehead atoms. The molecule has 0 aliphatic carbocycles. The number of amides is 4. The van der Waals surface area contributed by atoms with Crippen molar-refractivity contribution in [2.75, 3.05) is 11.9 Å². The lowest BCUT2D eigenvalue weighted by molar-refractivity contribution is -0.133. The minimum Gasteiger partial charge on any atom is -0.325 e. The molecule has 1 aliphatic rings. The first-order chi connectivity index (χ1) is 13.7. The fraction of sp³-hybridized carbons (Fsp3) is 0.211. The number of thioether (sulfide) groups is 1. The minimum atomic E-state index is -2.53. The van der Waals surface area contributed by atoms with Crippen molar-refractivity contribution in [3.63, 3.8) is 0 Å². The van der Waals surface area contributed by atoms with Gasteiger partial charge in [0.2, 0.25) is 5.91 Å². The van der Waals surface area contributed by atoms with Crippen molar-refractivity contribution < 1.29 is 23.2 Å². The summed E-state index contributed by atoms with van der Waals surface area (Å²) in [4.78, 5) is 38.7. The number of nitrogens with one attached hydrogen (secondary N) is 2. The lowest BCUT2D eigenvalue weighted by atomic mass is 9.92. The highest BCUT2D eigenvalue weighted by Gasteiger charge is 2.49. The minimum absolute atomic E-state index is 0.358. The molecule has 0 aromatic heterocycles. The van der Waals surface area contributed by atoms with Gasteiger partial charge in [0.1, 0.15) is 12.1 Å². The number of benzene rings is 2. The van der Waals surface area contributed by atoms with Crippen LogP contribution in [0.5, 0.6) is 0 Å². The Kier molecular flexibility index (Phi) is 6.23. The van der Waals surface area contributed by atoms with Crippen LogP contribution in [0.1, 0.15) is 12.5 Å². The number of carbonyl (C=O) groups is 3. The highest BCUT2D eigenvalue weighted by atomic mass is 79.9. The number of anilines is 1. The van der Waals surface area contributed by atoms with Crippen molar-refractivity contribution in [1.29, 1.82) is 0 Å². The summed E-state index contributed by atoms with van der Waals surface area (Å²) in [6, 6.07) is 12.2. The van der Waals surface area contributed by atoms with Crippen LogP contribution in [0.3, 0.4) is 0 Å². The van der Waals surface area contributed by atoms with E-state index < -0.39 is 35.7 Å². The normalized spacial score (nSPS) is 18.9. The van der Waals surface area contributed by atoms with E-state index in [0.29, 0.717) is 27.9 Å². The summed E-state index contributed by atoms with van der Waals surface area (Å²) in [5, 5.41) is 5.18. The quantitative estimate of drug-likeness (QED) is 0.477. The number of hydrogen-bond acceptors (Lipinski definition) is 4. The van der Waals surface area contributed by atoms with Crippen LogP contribution < -0.4 is 10.6 Å². The molecule has 0 unspecified atom stereocenters. The highest BCUT2D eigenvalue weighted by Crippen LogP contribution is 2.30. The van der Waals surface area contributed by atoms with Crippen LogP contribution >= 0.6 is 27.7 Å². The molecule has 1 aliphatic heterocycles. The van der Waals surface area contributed by atoms with Gasteiger partial charge in [0.05, 0.1) is 0 Å². The summed E-state index contributed by atoms with van der Waals surface area (Å²) in [7, 11) is 0. The second kappa shape index (κ2) is 8.50. The summed E-state index contributed by atoms with van der Waals surface area (Å²) < 4.78 is 25.5. The number of halogens is 3. The zero-order valence-electron chi connectivity index (χ0n) is 15.1. The third kappa shape index (κ3) is 4.76. The summed E-state index contributed by atoms with van der Waals surface area (Å²) >= 11 is 3.73. The van der Waals surface area contributed by atoms with Crippen molar-refractivity contribution in [3.05, 3.63) is 58.6 Å². The van der Waals surface area contributed by atoms with Gasteiger partial charge >= 0.3 is 6.03 Å². The van der Waals surface area contributed by atoms with E-state index in [0.717, 1.165) is 9.37 Å². The number of rotatable bonds is 6. The monoisotopic (exact) mass is 483 g/mol. The van der Waals surface area contributed by atoms with Gasteiger partial charge in [-0.2, -0.15) is 8.78 Å². The Morgan fingerprint density at radius 1 is 1.24 bits per heavy atom. The third-order valence-electron chi connectivity index (χ3n) is 4.34. The van der Waals surface area contributed by atoms with Gasteiger partial charge in [-0.15, -0.1) is 0 Å². The van der Waals surface area contributed by atoms with E-state index in [1.807, 2.05) is 0 Å². The molecule has 6 nitrogen and oxygen atoms in total. The highest BCUT2D eigenvalue weighted by molar-refractivity contribution is 9.10. The predicted octanol–water partition coefficient (Wildman–Crippen LogP) is 4.17. The maximum absolute atomic E-state index is 12.9. The Bertz CT molecular complexity index is 958. The van der Waals surface area contributed by atoms with Gasteiger partial charge in [0.25, 0.3) is 11.7 Å². The molecule has 2 N–H and O–H groups in total. The van der Waals surface area contributed by atoms with E-state index >= 15 is 0 Å². The maximum atomic E-state index is 12.9. The smallest absolute Gasteiger partial charge is 0.325 e. The van der Waals surface area contributed by atoms with Crippen LogP contribution in [0.25, 0.3) is 0 Å². The molecular formula is C19H16BrF2N3O3S. The van der Waals surface area contributed by atoms with Crippen LogP contribution in [0, 0.1) is 0 Å². The number of carbonyl (C=O) groups excluding carboxylic acids is 3. The molecule has 10 heteroatoms. The Morgan fingerprint density at radius 3 is 2.55 bits per heavy atom. The van der Waals surface area contributed by atoms with Gasteiger partial charge < -0.3 is 10.6 Å². The number of hydrogen-bond donors (Lipinski definition) is 2. The average Bonchev–Trinajstić information content (AvgIpc) is 2.87. The van der Waals surface area contributed by atoms with Gasteiger partial charge in [-0.1, -0.05) is 39.8 Å². The maximum Gasteiger partial charge on any atom is 0.325 e. The largest absolute Gasteiger partial charge is 0.325 e. The van der Waals surface area contributed by atoms with Gasteiger partial charge in [-0.25, -0.2) is 4.79 Å². The molecular weight excluding hydrogens is 468 g/mol. The first-order valence-electron chi connectivity index (χ1n) is 8.44. The molecule has 0 radical (unpaired) electrons. The van der Waals surface area contributed by atoms with E-state index in [1.165, 1.54) is 24.3 Å². The van der Waals surface area contributed by atoms with E-state index in [2.05, 4.69) is 26.6 Å². The first-order valence-corrected chi connectivity index (χ1v) is 10.1. The first kappa shape index (κ1) is 21.3. The fourth-order valence-corrected chi connectivity index (χ4v) is 3.80. The molecule has 0 saturated carbocycles. The van der Waals surface area contributed by atoms with Crippen LogP contribution in [-0.2, 0) is 15.1 Å². The molecule has 4 amide bonds. The molecule has 152 valence electrons. The SMILES string of the molecule is C[C@@]1(c2cccc(Br)c2)NC(=O)N(CC(=O)Nc2ccc(SC(F)F)cc2)C1=O. The zero-order chi connectivity index (χ0) is 21.2. The summed E-state index contributed by atoms with van der Waals surface area (Å²) in [5.41, 5.74) is -0.328. The summed E-state index contributed by atoms with van der Waals surface area (Å²) in [6.07, 6.45) is 0. The number of alkyl halides is 2. The molecule has 1 heterocycles. The number of imide groups is 1. The van der Waals surface area contributed by atoms with Gasteiger partial charge in [-0.3, -0.25) is 14.5 Å². The van der Waals surface area contributed by atoms with Crippen molar-refractivity contribution in [2.45, 2.75) is 23.1 Å². The van der Waals surface area contributed by atoms with Crippen molar-refractivity contribution in [2.24, 2.45) is 0 Å². The Balaban J connectivity index is 1.67. The molecule has 2 aromatic rings. The van der Waals surface area contributed by atoms with E-state index in [9.17, 15) is 23.2 Å². The van der Waals surface area contributed by atoms with Crippen molar-refractivity contribution in [3.8, 4) is 0 Å². The van der Waals surface area contributed by atoms with Crippen LogP contribution in [0.15, 0.2) is 57.9 Å². The molecule has 1 fully saturated rings. The van der Waals surface area contributed by atoms with Crippen molar-refractivity contribution in [1.82, 2.24) is 10.2 Å². The Morgan fingerprint density at radius 2 is 1.93 bits per heavy atom. The van der Waals surface area contributed by atoms with Gasteiger partial charge in [0.15, 0.2) is 0 Å². The van der Waals surface area contributed by atoms with E-state index in [1.54, 1.807) is 31.2 Å². The summed E-state index contributed by atoms with van der Waals surface area (Å²) in [6.45, 7) is 1.11. The molecule has 2 aromatic carbocycles. The van der Waals surface area contributed by atoms with Gasteiger partial charge in [0, 0.05) is 15.1 Å². The van der Waals surface area contributed by atoms with Crippen LogP contribution in [-0.4, -0.2) is 35.0 Å². The average molecular weight is 484 g/mol.